The van der Waals surface area contributed by atoms with Crippen LogP contribution in [0.5, 0.6) is 0 Å². The molecule has 1 atom stereocenters. The lowest BCUT2D eigenvalue weighted by molar-refractivity contribution is -0.126. The fraction of sp³-hybridized carbons (Fsp3) is 0.923. The van der Waals surface area contributed by atoms with Crippen LogP contribution >= 0.6 is 0 Å². The second-order valence-corrected chi connectivity index (χ2v) is 5.18. The minimum Gasteiger partial charge on any atom is -0.354 e. The van der Waals surface area contributed by atoms with Gasteiger partial charge in [0.15, 0.2) is 0 Å². The summed E-state index contributed by atoms with van der Waals surface area (Å²) in [7, 11) is 0. The lowest BCUT2D eigenvalue weighted by atomic mass is 9.95. The first kappa shape index (κ1) is 12.5. The summed E-state index contributed by atoms with van der Waals surface area (Å²) < 4.78 is 0. The highest BCUT2D eigenvalue weighted by Gasteiger charge is 2.28. The molecule has 2 heteroatoms. The number of rotatable bonds is 7. The maximum absolute atomic E-state index is 11.9. The molecule has 1 rings (SSSR count). The predicted octanol–water partition coefficient (Wildman–Crippen LogP) is 3.12. The molecular formula is C13H25NO. The van der Waals surface area contributed by atoms with Gasteiger partial charge in [-0.15, -0.1) is 0 Å². The molecule has 15 heavy (non-hydrogen) atoms. The van der Waals surface area contributed by atoms with Crippen molar-refractivity contribution in [1.82, 2.24) is 5.32 Å². The molecule has 0 aromatic heterocycles. The molecule has 0 saturated heterocycles. The summed E-state index contributed by atoms with van der Waals surface area (Å²) in [6.07, 6.45) is 7.26. The van der Waals surface area contributed by atoms with E-state index in [-0.39, 0.29) is 17.9 Å². The summed E-state index contributed by atoms with van der Waals surface area (Å²) >= 11 is 0. The van der Waals surface area contributed by atoms with E-state index in [0.717, 1.165) is 18.8 Å². The Bertz CT molecular complexity index is 197. The van der Waals surface area contributed by atoms with Gasteiger partial charge in [0.2, 0.25) is 5.91 Å². The highest BCUT2D eigenvalue weighted by atomic mass is 16.1. The fourth-order valence-electron chi connectivity index (χ4n) is 1.96. The Kier molecular flexibility index (Phi) is 5.13. The number of unbranched alkanes of at least 4 members (excludes halogenated alkanes) is 1. The van der Waals surface area contributed by atoms with Crippen molar-refractivity contribution in [1.29, 1.82) is 0 Å². The molecule has 2 nitrogen and oxygen atoms in total. The molecule has 1 fully saturated rings. The smallest absolute Gasteiger partial charge is 0.223 e. The maximum Gasteiger partial charge on any atom is 0.223 e. The van der Waals surface area contributed by atoms with Crippen LogP contribution < -0.4 is 5.32 Å². The van der Waals surface area contributed by atoms with E-state index in [0.29, 0.717) is 0 Å². The van der Waals surface area contributed by atoms with Crippen LogP contribution in [0, 0.1) is 11.8 Å². The van der Waals surface area contributed by atoms with Crippen LogP contribution in [-0.2, 0) is 4.79 Å². The average molecular weight is 211 g/mol. The second-order valence-electron chi connectivity index (χ2n) is 5.18. The standard InChI is InChI=1S/C13H25NO/c1-4-5-6-12(9-11-7-8-11)13(15)14-10(2)3/h10-12H,4-9H2,1-3H3,(H,14,15). The molecule has 0 radical (unpaired) electrons. The lowest BCUT2D eigenvalue weighted by Crippen LogP contribution is -2.35. The van der Waals surface area contributed by atoms with Gasteiger partial charge in [-0.3, -0.25) is 4.79 Å². The third-order valence-electron chi connectivity index (χ3n) is 3.02. The summed E-state index contributed by atoms with van der Waals surface area (Å²) in [6.45, 7) is 6.26. The Morgan fingerprint density at radius 2 is 2.07 bits per heavy atom. The fourth-order valence-corrected chi connectivity index (χ4v) is 1.96. The molecular weight excluding hydrogens is 186 g/mol. The molecule has 0 heterocycles. The Balaban J connectivity index is 2.34. The zero-order valence-corrected chi connectivity index (χ0v) is 10.4. The van der Waals surface area contributed by atoms with Gasteiger partial charge in [-0.25, -0.2) is 0 Å². The lowest BCUT2D eigenvalue weighted by Gasteiger charge is -2.18. The third-order valence-corrected chi connectivity index (χ3v) is 3.02. The normalized spacial score (nSPS) is 17.9. The first-order chi connectivity index (χ1) is 7.13. The van der Waals surface area contributed by atoms with Gasteiger partial charge in [0.05, 0.1) is 0 Å². The van der Waals surface area contributed by atoms with Crippen LogP contribution in [0.15, 0.2) is 0 Å². The molecule has 1 saturated carbocycles. The van der Waals surface area contributed by atoms with Gasteiger partial charge < -0.3 is 5.32 Å². The number of carbonyl (C=O) groups excluding carboxylic acids is 1. The average Bonchev–Trinajstić information content (AvgIpc) is 2.94. The molecule has 1 aliphatic carbocycles. The molecule has 0 aliphatic heterocycles. The van der Waals surface area contributed by atoms with Crippen molar-refractivity contribution in [2.45, 2.75) is 65.3 Å². The van der Waals surface area contributed by atoms with Gasteiger partial charge >= 0.3 is 0 Å². The van der Waals surface area contributed by atoms with Crippen LogP contribution in [0.2, 0.25) is 0 Å². The first-order valence-electron chi connectivity index (χ1n) is 6.43. The van der Waals surface area contributed by atoms with Crippen LogP contribution in [0.3, 0.4) is 0 Å². The Morgan fingerprint density at radius 1 is 1.40 bits per heavy atom. The quantitative estimate of drug-likeness (QED) is 0.688. The van der Waals surface area contributed by atoms with E-state index in [2.05, 4.69) is 12.2 Å². The maximum atomic E-state index is 11.9. The molecule has 0 aromatic rings. The van der Waals surface area contributed by atoms with Crippen LogP contribution in [-0.4, -0.2) is 11.9 Å². The molecule has 0 aromatic carbocycles. The van der Waals surface area contributed by atoms with Crippen molar-refractivity contribution in [3.05, 3.63) is 0 Å². The van der Waals surface area contributed by atoms with Gasteiger partial charge in [-0.05, 0) is 32.6 Å². The Hall–Kier alpha value is -0.530. The SMILES string of the molecule is CCCCC(CC1CC1)C(=O)NC(C)C. The number of carbonyl (C=O) groups is 1. The summed E-state index contributed by atoms with van der Waals surface area (Å²) in [6, 6.07) is 0.279. The zero-order valence-electron chi connectivity index (χ0n) is 10.4. The number of hydrogen-bond acceptors (Lipinski definition) is 1. The molecule has 1 N–H and O–H groups in total. The number of hydrogen-bond donors (Lipinski definition) is 1. The van der Waals surface area contributed by atoms with E-state index in [1.54, 1.807) is 0 Å². The minimum absolute atomic E-state index is 0.278. The summed E-state index contributed by atoms with van der Waals surface area (Å²) in [4.78, 5) is 11.9. The van der Waals surface area contributed by atoms with Crippen molar-refractivity contribution in [2.24, 2.45) is 11.8 Å². The van der Waals surface area contributed by atoms with Crippen molar-refractivity contribution in [3.8, 4) is 0 Å². The molecule has 1 unspecified atom stereocenters. The van der Waals surface area contributed by atoms with E-state index in [1.165, 1.54) is 25.7 Å². The Morgan fingerprint density at radius 3 is 2.53 bits per heavy atom. The summed E-state index contributed by atoms with van der Waals surface area (Å²) in [5.74, 6) is 1.41. The third kappa shape index (κ3) is 5.19. The van der Waals surface area contributed by atoms with Crippen LogP contribution in [0.1, 0.15) is 59.3 Å². The molecule has 0 spiro atoms. The molecule has 1 aliphatic rings. The second kappa shape index (κ2) is 6.14. The van der Waals surface area contributed by atoms with Gasteiger partial charge in [0.1, 0.15) is 0 Å². The van der Waals surface area contributed by atoms with E-state index in [4.69, 9.17) is 0 Å². The Labute approximate surface area is 93.8 Å². The molecule has 0 bridgehead atoms. The van der Waals surface area contributed by atoms with E-state index >= 15 is 0 Å². The van der Waals surface area contributed by atoms with Gasteiger partial charge in [-0.1, -0.05) is 32.6 Å². The van der Waals surface area contributed by atoms with E-state index in [1.807, 2.05) is 13.8 Å². The monoisotopic (exact) mass is 211 g/mol. The number of nitrogens with one attached hydrogen (secondary N) is 1. The highest BCUT2D eigenvalue weighted by Crippen LogP contribution is 2.36. The summed E-state index contributed by atoms with van der Waals surface area (Å²) in [5.41, 5.74) is 0. The topological polar surface area (TPSA) is 29.1 Å². The largest absolute Gasteiger partial charge is 0.354 e. The van der Waals surface area contributed by atoms with Crippen LogP contribution in [0.4, 0.5) is 0 Å². The predicted molar refractivity (Wildman–Crippen MR) is 63.6 cm³/mol. The summed E-state index contributed by atoms with van der Waals surface area (Å²) in [5, 5.41) is 3.05. The van der Waals surface area contributed by atoms with Gasteiger partial charge in [0.25, 0.3) is 0 Å². The zero-order chi connectivity index (χ0) is 11.3. The molecule has 1 amide bonds. The van der Waals surface area contributed by atoms with Gasteiger partial charge in [-0.2, -0.15) is 0 Å². The highest BCUT2D eigenvalue weighted by molar-refractivity contribution is 5.78. The van der Waals surface area contributed by atoms with Crippen molar-refractivity contribution in [2.75, 3.05) is 0 Å². The van der Waals surface area contributed by atoms with Crippen molar-refractivity contribution < 1.29 is 4.79 Å². The number of amides is 1. The van der Waals surface area contributed by atoms with Crippen LogP contribution in [0.25, 0.3) is 0 Å². The van der Waals surface area contributed by atoms with E-state index < -0.39 is 0 Å². The van der Waals surface area contributed by atoms with Gasteiger partial charge in [0, 0.05) is 12.0 Å². The molecule has 88 valence electrons. The first-order valence-corrected chi connectivity index (χ1v) is 6.43. The van der Waals surface area contributed by atoms with E-state index in [9.17, 15) is 4.79 Å². The van der Waals surface area contributed by atoms with Crippen molar-refractivity contribution in [3.63, 3.8) is 0 Å². The minimum atomic E-state index is 0.278. The van der Waals surface area contributed by atoms with Crippen molar-refractivity contribution >= 4 is 5.91 Å².